The molecule has 1 nitrogen and oxygen atoms in total. The maximum absolute atomic E-state index is 6.38. The third kappa shape index (κ3) is 26.1. The predicted molar refractivity (Wildman–Crippen MR) is 142 cm³/mol. The Morgan fingerprint density at radius 1 is 0.355 bits per heavy atom. The summed E-state index contributed by atoms with van der Waals surface area (Å²) in [5.41, 5.74) is 0. The minimum atomic E-state index is 0.542. The molecule has 1 heteroatoms. The zero-order valence-corrected chi connectivity index (χ0v) is 22.4. The van der Waals surface area contributed by atoms with Crippen LogP contribution in [0.25, 0.3) is 0 Å². The number of hydrogen-bond donors (Lipinski definition) is 0. The maximum atomic E-state index is 6.38. The van der Waals surface area contributed by atoms with Crippen molar-refractivity contribution in [1.82, 2.24) is 0 Å². The van der Waals surface area contributed by atoms with Gasteiger partial charge in [-0.05, 0) is 19.3 Å². The fraction of sp³-hybridized carbons (Fsp3) is 1.00. The highest BCUT2D eigenvalue weighted by Gasteiger charge is 2.09. The molecule has 0 aromatic rings. The second-order valence-electron chi connectivity index (χ2n) is 10.1. The maximum Gasteiger partial charge on any atom is 0.0575 e. The molecule has 188 valence electrons. The van der Waals surface area contributed by atoms with E-state index in [0.29, 0.717) is 6.10 Å². The van der Waals surface area contributed by atoms with Crippen LogP contribution in [0.5, 0.6) is 0 Å². The van der Waals surface area contributed by atoms with Crippen LogP contribution in [0.15, 0.2) is 0 Å². The van der Waals surface area contributed by atoms with Crippen molar-refractivity contribution >= 4 is 0 Å². The number of hydrogen-bond acceptors (Lipinski definition) is 1. The highest BCUT2D eigenvalue weighted by atomic mass is 16.5. The van der Waals surface area contributed by atoms with Crippen LogP contribution >= 0.6 is 0 Å². The average Bonchev–Trinajstić information content (AvgIpc) is 2.78. The molecule has 0 aliphatic carbocycles. The van der Waals surface area contributed by atoms with E-state index >= 15 is 0 Å². The van der Waals surface area contributed by atoms with Crippen molar-refractivity contribution in [2.75, 3.05) is 6.61 Å². The van der Waals surface area contributed by atoms with E-state index in [9.17, 15) is 0 Å². The van der Waals surface area contributed by atoms with Crippen LogP contribution in [0.3, 0.4) is 0 Å². The summed E-state index contributed by atoms with van der Waals surface area (Å²) in [5.74, 6) is 0. The topological polar surface area (TPSA) is 9.23 Å². The van der Waals surface area contributed by atoms with Crippen molar-refractivity contribution in [2.45, 2.75) is 187 Å². The van der Waals surface area contributed by atoms with Gasteiger partial charge in [0.1, 0.15) is 0 Å². The van der Waals surface area contributed by atoms with Gasteiger partial charge in [-0.15, -0.1) is 0 Å². The molecule has 0 amide bonds. The quantitative estimate of drug-likeness (QED) is 0.116. The smallest absolute Gasteiger partial charge is 0.0575 e. The lowest BCUT2D eigenvalue weighted by atomic mass is 10.0. The average molecular weight is 439 g/mol. The fourth-order valence-electron chi connectivity index (χ4n) is 4.63. The van der Waals surface area contributed by atoms with Gasteiger partial charge in [-0.1, -0.05) is 162 Å². The minimum Gasteiger partial charge on any atom is -0.378 e. The Morgan fingerprint density at radius 2 is 0.645 bits per heavy atom. The Hall–Kier alpha value is -0.0400. The van der Waals surface area contributed by atoms with Crippen molar-refractivity contribution < 1.29 is 4.74 Å². The van der Waals surface area contributed by atoms with Gasteiger partial charge in [-0.2, -0.15) is 0 Å². The highest BCUT2D eigenvalue weighted by molar-refractivity contribution is 4.61. The van der Waals surface area contributed by atoms with Gasteiger partial charge in [0.05, 0.1) is 6.10 Å². The van der Waals surface area contributed by atoms with E-state index in [4.69, 9.17) is 4.74 Å². The van der Waals surface area contributed by atoms with Crippen LogP contribution in [0.4, 0.5) is 0 Å². The number of ether oxygens (including phenoxy) is 1. The molecule has 0 aliphatic heterocycles. The van der Waals surface area contributed by atoms with E-state index in [1.165, 1.54) is 161 Å². The molecule has 0 saturated carbocycles. The Bertz CT molecular complexity index is 283. The Balaban J connectivity index is 3.79. The molecule has 1 unspecified atom stereocenters. The van der Waals surface area contributed by atoms with E-state index in [2.05, 4.69) is 20.8 Å². The summed E-state index contributed by atoms with van der Waals surface area (Å²) in [7, 11) is 0. The second-order valence-corrected chi connectivity index (χ2v) is 10.1. The molecule has 0 aromatic heterocycles. The summed E-state index contributed by atoms with van der Waals surface area (Å²) >= 11 is 0. The zero-order valence-electron chi connectivity index (χ0n) is 22.4. The summed E-state index contributed by atoms with van der Waals surface area (Å²) in [5, 5.41) is 0. The van der Waals surface area contributed by atoms with Crippen molar-refractivity contribution in [3.8, 4) is 0 Å². The molecule has 31 heavy (non-hydrogen) atoms. The monoisotopic (exact) mass is 438 g/mol. The van der Waals surface area contributed by atoms with E-state index < -0.39 is 0 Å². The molecule has 0 saturated heterocycles. The van der Waals surface area contributed by atoms with Gasteiger partial charge in [-0.25, -0.2) is 0 Å². The molecule has 1 atom stereocenters. The Morgan fingerprint density at radius 3 is 1.00 bits per heavy atom. The zero-order chi connectivity index (χ0) is 22.7. The summed E-state index contributed by atoms with van der Waals surface area (Å²) in [6.07, 6.45) is 35.5. The van der Waals surface area contributed by atoms with Gasteiger partial charge in [0.2, 0.25) is 0 Å². The number of rotatable bonds is 27. The first-order valence-corrected chi connectivity index (χ1v) is 15.0. The molecule has 0 spiro atoms. The molecule has 0 bridgehead atoms. The Kier molecular flexibility index (Phi) is 28.0. The van der Waals surface area contributed by atoms with Crippen molar-refractivity contribution in [3.05, 3.63) is 0 Å². The molecule has 0 aromatic carbocycles. The SMILES string of the molecule is CCCCCCCCCCCCC(CCCCCCCCC)OCCCCCCCC. The molecule has 0 heterocycles. The fourth-order valence-corrected chi connectivity index (χ4v) is 4.63. The summed E-state index contributed by atoms with van der Waals surface area (Å²) in [4.78, 5) is 0. The van der Waals surface area contributed by atoms with Gasteiger partial charge in [0.15, 0.2) is 0 Å². The lowest BCUT2D eigenvalue weighted by Gasteiger charge is -2.18. The van der Waals surface area contributed by atoms with Crippen molar-refractivity contribution in [2.24, 2.45) is 0 Å². The van der Waals surface area contributed by atoms with E-state index in [1.807, 2.05) is 0 Å². The van der Waals surface area contributed by atoms with Crippen LogP contribution in [-0.4, -0.2) is 12.7 Å². The van der Waals surface area contributed by atoms with Crippen LogP contribution in [0, 0.1) is 0 Å². The first-order valence-electron chi connectivity index (χ1n) is 15.0. The van der Waals surface area contributed by atoms with E-state index in [1.54, 1.807) is 0 Å². The number of unbranched alkanes of at least 4 members (excludes halogenated alkanes) is 20. The Labute approximate surface area is 198 Å². The summed E-state index contributed by atoms with van der Waals surface area (Å²) in [6, 6.07) is 0. The third-order valence-corrected chi connectivity index (χ3v) is 6.86. The van der Waals surface area contributed by atoms with Gasteiger partial charge < -0.3 is 4.74 Å². The molecular formula is C30H62O. The second kappa shape index (κ2) is 28.0. The molecular weight excluding hydrogens is 376 g/mol. The molecule has 0 rings (SSSR count). The largest absolute Gasteiger partial charge is 0.378 e. The summed E-state index contributed by atoms with van der Waals surface area (Å²) < 4.78 is 6.38. The van der Waals surface area contributed by atoms with Crippen molar-refractivity contribution in [1.29, 1.82) is 0 Å². The molecule has 0 radical (unpaired) electrons. The van der Waals surface area contributed by atoms with Gasteiger partial charge in [0.25, 0.3) is 0 Å². The van der Waals surface area contributed by atoms with Gasteiger partial charge in [-0.3, -0.25) is 0 Å². The van der Waals surface area contributed by atoms with Gasteiger partial charge >= 0.3 is 0 Å². The van der Waals surface area contributed by atoms with Crippen LogP contribution in [0.1, 0.15) is 181 Å². The van der Waals surface area contributed by atoms with Crippen LogP contribution < -0.4 is 0 Å². The van der Waals surface area contributed by atoms with E-state index in [0.717, 1.165) is 6.61 Å². The lowest BCUT2D eigenvalue weighted by Crippen LogP contribution is -2.14. The normalized spacial score (nSPS) is 12.5. The first-order chi connectivity index (χ1) is 15.3. The predicted octanol–water partition coefficient (Wildman–Crippen LogP) is 11.2. The molecule has 0 fully saturated rings. The van der Waals surface area contributed by atoms with Gasteiger partial charge in [0, 0.05) is 6.61 Å². The molecule has 0 aliphatic rings. The molecule has 0 N–H and O–H groups in total. The van der Waals surface area contributed by atoms with Crippen LogP contribution in [0.2, 0.25) is 0 Å². The minimum absolute atomic E-state index is 0.542. The van der Waals surface area contributed by atoms with Crippen molar-refractivity contribution in [3.63, 3.8) is 0 Å². The van der Waals surface area contributed by atoms with E-state index in [-0.39, 0.29) is 0 Å². The first kappa shape index (κ1) is 31.0. The third-order valence-electron chi connectivity index (χ3n) is 6.86. The lowest BCUT2D eigenvalue weighted by molar-refractivity contribution is 0.0357. The highest BCUT2D eigenvalue weighted by Crippen LogP contribution is 2.18. The van der Waals surface area contributed by atoms with Crippen LogP contribution in [-0.2, 0) is 4.74 Å². The summed E-state index contributed by atoms with van der Waals surface area (Å²) in [6.45, 7) is 7.91. The standard InChI is InChI=1S/C30H62O/c1-4-7-10-13-16-17-18-20-22-25-28-30(27-24-21-19-14-11-8-5-2)31-29-26-23-15-12-9-6-3/h30H,4-29H2,1-3H3.